The van der Waals surface area contributed by atoms with Crippen LogP contribution in [0.15, 0.2) is 66.3 Å². The van der Waals surface area contributed by atoms with Gasteiger partial charge < -0.3 is 4.98 Å². The molecule has 5 heteroatoms. The van der Waals surface area contributed by atoms with E-state index in [4.69, 9.17) is 0 Å². The van der Waals surface area contributed by atoms with Gasteiger partial charge >= 0.3 is 0 Å². The van der Waals surface area contributed by atoms with Gasteiger partial charge in [0.15, 0.2) is 0 Å². The number of imidazole rings is 1. The van der Waals surface area contributed by atoms with Crippen LogP contribution in [0.4, 0.5) is 0 Å². The van der Waals surface area contributed by atoms with Crippen molar-refractivity contribution in [2.75, 3.05) is 5.75 Å². The first-order chi connectivity index (χ1) is 10.1. The van der Waals surface area contributed by atoms with Crippen molar-refractivity contribution in [3.05, 3.63) is 61.2 Å². The Hall–Kier alpha value is -2.40. The smallest absolute Gasteiger partial charge is 0.226 e. The molecule has 4 nitrogen and oxygen atoms in total. The minimum atomic E-state index is -3.43. The number of nitrogens with one attached hydrogen (secondary N) is 1. The molecule has 3 rings (SSSR count). The van der Waals surface area contributed by atoms with E-state index in [2.05, 4.69) is 16.5 Å². The summed E-state index contributed by atoms with van der Waals surface area (Å²) in [7, 11) is -3.43. The fraction of sp³-hybridized carbons (Fsp3) is 0.0625. The van der Waals surface area contributed by atoms with E-state index in [9.17, 15) is 8.42 Å². The lowest BCUT2D eigenvalue weighted by Gasteiger charge is -2.00. The average Bonchev–Trinajstić information content (AvgIpc) is 2.92. The number of aromatic nitrogens is 2. The van der Waals surface area contributed by atoms with Crippen molar-refractivity contribution >= 4 is 20.9 Å². The zero-order valence-electron chi connectivity index (χ0n) is 11.3. The van der Waals surface area contributed by atoms with E-state index in [1.54, 1.807) is 0 Å². The van der Waals surface area contributed by atoms with Crippen LogP contribution in [-0.2, 0) is 9.84 Å². The van der Waals surface area contributed by atoms with E-state index in [1.807, 2.05) is 48.5 Å². The van der Waals surface area contributed by atoms with Gasteiger partial charge in [0.25, 0.3) is 0 Å². The number of fused-ring (bicyclic) bond motifs is 1. The fourth-order valence-corrected chi connectivity index (χ4v) is 3.15. The van der Waals surface area contributed by atoms with Crippen LogP contribution in [0.3, 0.4) is 0 Å². The highest BCUT2D eigenvalue weighted by Gasteiger charge is 2.17. The molecule has 21 heavy (non-hydrogen) atoms. The van der Waals surface area contributed by atoms with Gasteiger partial charge in [0.05, 0.1) is 16.8 Å². The van der Waals surface area contributed by atoms with E-state index >= 15 is 0 Å². The Bertz CT molecular complexity index is 896. The Kier molecular flexibility index (Phi) is 3.35. The zero-order valence-corrected chi connectivity index (χ0v) is 12.1. The zero-order chi connectivity index (χ0) is 14.9. The number of benzene rings is 2. The lowest BCUT2D eigenvalue weighted by molar-refractivity contribution is 0.592. The normalized spacial score (nSPS) is 11.6. The van der Waals surface area contributed by atoms with Crippen LogP contribution < -0.4 is 0 Å². The van der Waals surface area contributed by atoms with Crippen molar-refractivity contribution in [3.8, 4) is 11.1 Å². The molecular formula is C16H14N2O2S. The molecule has 1 aromatic heterocycles. The van der Waals surface area contributed by atoms with E-state index in [-0.39, 0.29) is 10.9 Å². The van der Waals surface area contributed by atoms with Crippen molar-refractivity contribution in [1.29, 1.82) is 0 Å². The van der Waals surface area contributed by atoms with E-state index in [0.29, 0.717) is 11.0 Å². The molecule has 1 N–H and O–H groups in total. The summed E-state index contributed by atoms with van der Waals surface area (Å²) in [6.45, 7) is 3.46. The van der Waals surface area contributed by atoms with Gasteiger partial charge in [-0.1, -0.05) is 42.5 Å². The molecule has 0 aliphatic heterocycles. The number of rotatable bonds is 4. The Morgan fingerprint density at radius 3 is 2.57 bits per heavy atom. The molecule has 0 unspecified atom stereocenters. The average molecular weight is 298 g/mol. The van der Waals surface area contributed by atoms with Gasteiger partial charge in [0, 0.05) is 0 Å². The topological polar surface area (TPSA) is 62.8 Å². The molecule has 2 aromatic carbocycles. The van der Waals surface area contributed by atoms with Gasteiger partial charge in [-0.25, -0.2) is 13.4 Å². The first-order valence-electron chi connectivity index (χ1n) is 6.49. The number of aromatic amines is 1. The number of nitrogens with zero attached hydrogens (tertiary/aromatic N) is 1. The van der Waals surface area contributed by atoms with Crippen LogP contribution in [0.25, 0.3) is 22.2 Å². The summed E-state index contributed by atoms with van der Waals surface area (Å²) in [6, 6.07) is 15.6. The van der Waals surface area contributed by atoms with Gasteiger partial charge in [0.2, 0.25) is 15.0 Å². The maximum absolute atomic E-state index is 12.0. The van der Waals surface area contributed by atoms with Crippen molar-refractivity contribution in [2.24, 2.45) is 0 Å². The molecule has 0 bridgehead atoms. The molecule has 0 atom stereocenters. The van der Waals surface area contributed by atoms with Crippen LogP contribution in [0, 0.1) is 0 Å². The molecular weight excluding hydrogens is 284 g/mol. The first kappa shape index (κ1) is 13.6. The molecule has 0 radical (unpaired) electrons. The monoisotopic (exact) mass is 298 g/mol. The van der Waals surface area contributed by atoms with E-state index in [0.717, 1.165) is 11.1 Å². The predicted molar refractivity (Wildman–Crippen MR) is 83.8 cm³/mol. The molecule has 106 valence electrons. The van der Waals surface area contributed by atoms with Crippen molar-refractivity contribution < 1.29 is 8.42 Å². The van der Waals surface area contributed by atoms with Gasteiger partial charge in [-0.3, -0.25) is 0 Å². The largest absolute Gasteiger partial charge is 0.329 e. The highest BCUT2D eigenvalue weighted by atomic mass is 32.2. The third kappa shape index (κ3) is 2.60. The van der Waals surface area contributed by atoms with Crippen molar-refractivity contribution in [2.45, 2.75) is 5.16 Å². The van der Waals surface area contributed by atoms with Gasteiger partial charge in [-0.2, -0.15) is 0 Å². The molecule has 0 saturated heterocycles. The fourth-order valence-electron chi connectivity index (χ4n) is 2.18. The lowest BCUT2D eigenvalue weighted by atomic mass is 10.1. The summed E-state index contributed by atoms with van der Waals surface area (Å²) < 4.78 is 24.0. The summed E-state index contributed by atoms with van der Waals surface area (Å²) in [5, 5.41) is -0.0115. The molecule has 0 saturated carbocycles. The second-order valence-corrected chi connectivity index (χ2v) is 6.66. The summed E-state index contributed by atoms with van der Waals surface area (Å²) in [5.41, 5.74) is 3.43. The summed E-state index contributed by atoms with van der Waals surface area (Å²) in [5.74, 6) is -0.127. The summed E-state index contributed by atoms with van der Waals surface area (Å²) >= 11 is 0. The Labute approximate surface area is 123 Å². The molecule has 0 spiro atoms. The van der Waals surface area contributed by atoms with Gasteiger partial charge in [-0.15, -0.1) is 6.58 Å². The van der Waals surface area contributed by atoms with Crippen LogP contribution in [0.2, 0.25) is 0 Å². The van der Waals surface area contributed by atoms with Gasteiger partial charge in [0.1, 0.15) is 0 Å². The second-order valence-electron chi connectivity index (χ2n) is 4.71. The second kappa shape index (κ2) is 5.18. The number of H-pyrrole nitrogens is 1. The third-order valence-corrected chi connectivity index (χ3v) is 4.66. The quantitative estimate of drug-likeness (QED) is 0.752. The summed E-state index contributed by atoms with van der Waals surface area (Å²) in [4.78, 5) is 7.03. The third-order valence-electron chi connectivity index (χ3n) is 3.20. The minimum Gasteiger partial charge on any atom is -0.329 e. The number of hydrogen-bond donors (Lipinski definition) is 1. The molecule has 1 heterocycles. The Morgan fingerprint density at radius 2 is 1.86 bits per heavy atom. The van der Waals surface area contributed by atoms with Crippen LogP contribution in [0.5, 0.6) is 0 Å². The van der Waals surface area contributed by atoms with Crippen LogP contribution in [-0.4, -0.2) is 24.1 Å². The number of sulfone groups is 1. The molecule has 0 amide bonds. The van der Waals surface area contributed by atoms with Crippen LogP contribution in [0.1, 0.15) is 0 Å². The number of hydrogen-bond acceptors (Lipinski definition) is 3. The molecule has 0 fully saturated rings. The summed E-state index contributed by atoms with van der Waals surface area (Å²) in [6.07, 6.45) is 1.36. The van der Waals surface area contributed by atoms with E-state index < -0.39 is 9.84 Å². The lowest BCUT2D eigenvalue weighted by Crippen LogP contribution is -2.06. The highest BCUT2D eigenvalue weighted by Crippen LogP contribution is 2.24. The molecule has 3 aromatic rings. The van der Waals surface area contributed by atoms with Gasteiger partial charge in [-0.05, 0) is 23.3 Å². The van der Waals surface area contributed by atoms with Crippen molar-refractivity contribution in [1.82, 2.24) is 9.97 Å². The Balaban J connectivity index is 2.10. The SMILES string of the molecule is C=CCS(=O)(=O)c1nc2ccc(-c3ccccc3)cc2[nH]1. The highest BCUT2D eigenvalue weighted by molar-refractivity contribution is 7.91. The van der Waals surface area contributed by atoms with E-state index in [1.165, 1.54) is 6.08 Å². The molecule has 0 aliphatic carbocycles. The maximum Gasteiger partial charge on any atom is 0.226 e. The first-order valence-corrected chi connectivity index (χ1v) is 8.14. The maximum atomic E-state index is 12.0. The Morgan fingerprint density at radius 1 is 1.10 bits per heavy atom. The van der Waals surface area contributed by atoms with Crippen LogP contribution >= 0.6 is 0 Å². The minimum absolute atomic E-state index is 0.0115. The van der Waals surface area contributed by atoms with Crippen molar-refractivity contribution in [3.63, 3.8) is 0 Å². The standard InChI is InChI=1S/C16H14N2O2S/c1-2-10-21(19,20)16-17-14-9-8-13(11-15(14)18-16)12-6-4-3-5-7-12/h2-9,11H,1,10H2,(H,17,18). The molecule has 0 aliphatic rings. The predicted octanol–water partition coefficient (Wildman–Crippen LogP) is 3.19.